The van der Waals surface area contributed by atoms with Crippen molar-refractivity contribution in [1.29, 1.82) is 0 Å². The minimum absolute atomic E-state index is 0.216. The summed E-state index contributed by atoms with van der Waals surface area (Å²) in [5.41, 5.74) is 6.26. The highest BCUT2D eigenvalue weighted by molar-refractivity contribution is 6.32. The number of aliphatic carboxylic acids is 1. The maximum atomic E-state index is 10.9. The molecular formula is C20H28ClNO4. The molecule has 1 atom stereocenters. The molecule has 0 radical (unpaired) electrons. The van der Waals surface area contributed by atoms with Crippen molar-refractivity contribution in [3.8, 4) is 5.75 Å². The largest absolute Gasteiger partial charge is 0.492 e. The molecule has 1 fully saturated rings. The molecule has 5 nitrogen and oxygen atoms in total. The van der Waals surface area contributed by atoms with Crippen molar-refractivity contribution in [2.24, 2.45) is 17.6 Å². The number of primary amides is 1. The van der Waals surface area contributed by atoms with Crippen LogP contribution in [0.25, 0.3) is 0 Å². The summed E-state index contributed by atoms with van der Waals surface area (Å²) < 4.78 is 5.87. The fourth-order valence-corrected chi connectivity index (χ4v) is 3.92. The van der Waals surface area contributed by atoms with Gasteiger partial charge >= 0.3 is 5.97 Å². The van der Waals surface area contributed by atoms with E-state index in [0.717, 1.165) is 31.2 Å². The first-order valence-electron chi connectivity index (χ1n) is 9.28. The van der Waals surface area contributed by atoms with Crippen LogP contribution in [0.5, 0.6) is 5.75 Å². The van der Waals surface area contributed by atoms with Crippen molar-refractivity contribution in [2.45, 2.75) is 57.8 Å². The van der Waals surface area contributed by atoms with Gasteiger partial charge in [-0.1, -0.05) is 30.7 Å². The predicted octanol–water partition coefficient (Wildman–Crippen LogP) is 4.37. The molecule has 0 aromatic heterocycles. The minimum Gasteiger partial charge on any atom is -0.492 e. The monoisotopic (exact) mass is 381 g/mol. The van der Waals surface area contributed by atoms with Crippen LogP contribution in [-0.2, 0) is 9.59 Å². The Morgan fingerprint density at radius 2 is 2.00 bits per heavy atom. The summed E-state index contributed by atoms with van der Waals surface area (Å²) in [5.74, 6) is 0.496. The summed E-state index contributed by atoms with van der Waals surface area (Å²) in [4.78, 5) is 21.7. The first-order chi connectivity index (χ1) is 12.4. The lowest BCUT2D eigenvalue weighted by molar-refractivity contribution is -0.138. The second-order valence-electron chi connectivity index (χ2n) is 7.40. The van der Waals surface area contributed by atoms with Gasteiger partial charge in [-0.25, -0.2) is 0 Å². The zero-order valence-corrected chi connectivity index (χ0v) is 16.0. The molecule has 0 spiro atoms. The van der Waals surface area contributed by atoms with E-state index in [1.165, 1.54) is 0 Å². The number of hydrogen-bond donors (Lipinski definition) is 2. The molecule has 144 valence electrons. The zero-order chi connectivity index (χ0) is 19.1. The lowest BCUT2D eigenvalue weighted by Gasteiger charge is -2.29. The lowest BCUT2D eigenvalue weighted by Crippen LogP contribution is -2.17. The van der Waals surface area contributed by atoms with Crippen LogP contribution in [0.2, 0.25) is 5.02 Å². The number of carboxylic acids is 1. The highest BCUT2D eigenvalue weighted by atomic mass is 35.5. The Kier molecular flexibility index (Phi) is 7.76. The summed E-state index contributed by atoms with van der Waals surface area (Å²) >= 11 is 6.58. The number of hydrogen-bond acceptors (Lipinski definition) is 3. The second kappa shape index (κ2) is 9.81. The average molecular weight is 382 g/mol. The smallest absolute Gasteiger partial charge is 0.303 e. The van der Waals surface area contributed by atoms with E-state index >= 15 is 0 Å². The molecule has 0 bridgehead atoms. The molecular weight excluding hydrogens is 354 g/mol. The summed E-state index contributed by atoms with van der Waals surface area (Å²) in [6, 6.07) is 5.85. The van der Waals surface area contributed by atoms with E-state index in [9.17, 15) is 9.59 Å². The van der Waals surface area contributed by atoms with E-state index in [1.54, 1.807) is 0 Å². The van der Waals surface area contributed by atoms with E-state index < -0.39 is 5.97 Å². The maximum absolute atomic E-state index is 10.9. The van der Waals surface area contributed by atoms with Gasteiger partial charge in [-0.05, 0) is 61.5 Å². The van der Waals surface area contributed by atoms with Gasteiger partial charge in [0, 0.05) is 12.8 Å². The fraction of sp³-hybridized carbons (Fsp3) is 0.600. The summed E-state index contributed by atoms with van der Waals surface area (Å²) in [7, 11) is 0. The Hall–Kier alpha value is -1.75. The summed E-state index contributed by atoms with van der Waals surface area (Å²) in [6.07, 6.45) is 5.06. The van der Waals surface area contributed by atoms with E-state index in [0.29, 0.717) is 36.1 Å². The van der Waals surface area contributed by atoms with Crippen LogP contribution in [0.15, 0.2) is 18.2 Å². The molecule has 1 amide bonds. The van der Waals surface area contributed by atoms with Crippen molar-refractivity contribution < 1.29 is 19.4 Å². The van der Waals surface area contributed by atoms with Gasteiger partial charge in [-0.3, -0.25) is 9.59 Å². The van der Waals surface area contributed by atoms with Crippen LogP contribution in [-0.4, -0.2) is 23.6 Å². The van der Waals surface area contributed by atoms with Crippen LogP contribution in [0.1, 0.15) is 63.4 Å². The van der Waals surface area contributed by atoms with Crippen LogP contribution in [0.4, 0.5) is 0 Å². The normalized spacial score (nSPS) is 21.2. The highest BCUT2D eigenvalue weighted by Crippen LogP contribution is 2.42. The van der Waals surface area contributed by atoms with Crippen LogP contribution >= 0.6 is 11.6 Å². The van der Waals surface area contributed by atoms with Crippen molar-refractivity contribution in [1.82, 2.24) is 0 Å². The molecule has 0 saturated heterocycles. The number of amides is 1. The first kappa shape index (κ1) is 20.6. The van der Waals surface area contributed by atoms with Gasteiger partial charge in [0.05, 0.1) is 11.6 Å². The summed E-state index contributed by atoms with van der Waals surface area (Å²) in [6.45, 7) is 2.51. The van der Waals surface area contributed by atoms with Gasteiger partial charge in [0.15, 0.2) is 0 Å². The average Bonchev–Trinajstić information content (AvgIpc) is 2.59. The quantitative estimate of drug-likeness (QED) is 0.664. The van der Waals surface area contributed by atoms with Crippen molar-refractivity contribution in [3.05, 3.63) is 28.8 Å². The highest BCUT2D eigenvalue weighted by Gasteiger charge is 2.26. The third kappa shape index (κ3) is 6.20. The summed E-state index contributed by atoms with van der Waals surface area (Å²) in [5, 5.41) is 9.59. The van der Waals surface area contributed by atoms with Crippen LogP contribution < -0.4 is 10.5 Å². The van der Waals surface area contributed by atoms with Crippen molar-refractivity contribution in [3.63, 3.8) is 0 Å². The number of benzene rings is 1. The molecule has 0 unspecified atom stereocenters. The second-order valence-corrected chi connectivity index (χ2v) is 7.77. The number of nitrogens with two attached hydrogens (primary N) is 1. The molecule has 1 saturated carbocycles. The Morgan fingerprint density at radius 1 is 1.31 bits per heavy atom. The Bertz CT molecular complexity index is 626. The molecule has 1 aliphatic rings. The van der Waals surface area contributed by atoms with Gasteiger partial charge in [0.25, 0.3) is 0 Å². The van der Waals surface area contributed by atoms with Gasteiger partial charge in [0.2, 0.25) is 5.91 Å². The fourth-order valence-electron chi connectivity index (χ4n) is 3.58. The minimum atomic E-state index is -0.715. The molecule has 0 heterocycles. The number of carbonyl (C=O) groups is 2. The Morgan fingerprint density at radius 3 is 2.62 bits per heavy atom. The molecule has 1 aromatic carbocycles. The third-order valence-electron chi connectivity index (χ3n) is 5.15. The third-order valence-corrected chi connectivity index (χ3v) is 5.55. The number of halogens is 1. The van der Waals surface area contributed by atoms with E-state index in [-0.39, 0.29) is 24.2 Å². The predicted molar refractivity (Wildman–Crippen MR) is 101 cm³/mol. The Balaban J connectivity index is 1.92. The molecule has 6 heteroatoms. The maximum Gasteiger partial charge on any atom is 0.303 e. The number of ether oxygens (including phenoxy) is 1. The van der Waals surface area contributed by atoms with Crippen LogP contribution in [0, 0.1) is 11.8 Å². The molecule has 1 aromatic rings. The van der Waals surface area contributed by atoms with E-state index in [4.69, 9.17) is 27.2 Å². The molecule has 0 aliphatic heterocycles. The topological polar surface area (TPSA) is 89.6 Å². The molecule has 3 N–H and O–H groups in total. The van der Waals surface area contributed by atoms with E-state index in [1.807, 2.05) is 25.1 Å². The molecule has 2 rings (SSSR count). The number of rotatable bonds is 9. The van der Waals surface area contributed by atoms with Gasteiger partial charge in [0.1, 0.15) is 5.75 Å². The molecule has 1 aliphatic carbocycles. The first-order valence-corrected chi connectivity index (χ1v) is 9.66. The van der Waals surface area contributed by atoms with Gasteiger partial charge < -0.3 is 15.6 Å². The zero-order valence-electron chi connectivity index (χ0n) is 15.2. The van der Waals surface area contributed by atoms with Crippen LogP contribution in [0.3, 0.4) is 0 Å². The van der Waals surface area contributed by atoms with Gasteiger partial charge in [-0.2, -0.15) is 0 Å². The SMILES string of the molecule is C[C@@H](CCC(N)=O)COc1cccc(C2CCC(CC(=O)O)CC2)c1Cl. The lowest BCUT2D eigenvalue weighted by atomic mass is 9.77. The molecule has 26 heavy (non-hydrogen) atoms. The standard InChI is InChI=1S/C20H28ClNO4/c1-13(5-10-18(22)23)12-26-17-4-2-3-16(20(17)21)15-8-6-14(7-9-15)11-19(24)25/h2-4,13-15H,5-12H2,1H3,(H2,22,23)(H,24,25)/t13-,14?,15?/m0/s1. The Labute approximate surface area is 159 Å². The number of carboxylic acid groups (broad SMARTS) is 1. The van der Waals surface area contributed by atoms with E-state index in [2.05, 4.69) is 0 Å². The number of carbonyl (C=O) groups excluding carboxylic acids is 1. The van der Waals surface area contributed by atoms with Gasteiger partial charge in [-0.15, -0.1) is 0 Å². The van der Waals surface area contributed by atoms with Crippen molar-refractivity contribution in [2.75, 3.05) is 6.61 Å². The van der Waals surface area contributed by atoms with Crippen molar-refractivity contribution >= 4 is 23.5 Å².